The van der Waals surface area contributed by atoms with Gasteiger partial charge in [-0.25, -0.2) is 19.4 Å². The van der Waals surface area contributed by atoms with Crippen molar-refractivity contribution in [3.63, 3.8) is 0 Å². The van der Waals surface area contributed by atoms with Crippen LogP contribution in [0.3, 0.4) is 0 Å². The summed E-state index contributed by atoms with van der Waals surface area (Å²) >= 11 is 0. The lowest BCUT2D eigenvalue weighted by atomic mass is 9.69. The van der Waals surface area contributed by atoms with Crippen molar-refractivity contribution in [1.82, 2.24) is 4.90 Å². The monoisotopic (exact) mass is 467 g/mol. The zero-order chi connectivity index (χ0) is 24.8. The number of ether oxygens (including phenoxy) is 3. The van der Waals surface area contributed by atoms with Gasteiger partial charge in [0.1, 0.15) is 11.9 Å². The topological polar surface area (TPSA) is 115 Å². The van der Waals surface area contributed by atoms with Crippen LogP contribution in [0, 0.1) is 0 Å². The predicted molar refractivity (Wildman–Crippen MR) is 121 cm³/mol. The standard InChI is InChI=1S/C24H25N3O7/c1-6-11-26-15-10-8-7-9-14(15)24-12-16(20(29)32-3)27(13(2)28)23(24)25-18(22(31)34-5)17(19(24)26)21(30)33-4/h6-10,16,19H,1,11-12H2,2-5H3/t16?,19?,24-/m0/s1. The summed E-state index contributed by atoms with van der Waals surface area (Å²) in [5.41, 5.74) is 0.143. The predicted octanol–water partition coefficient (Wildman–Crippen LogP) is 1.10. The van der Waals surface area contributed by atoms with Gasteiger partial charge in [0.25, 0.3) is 0 Å². The average molecular weight is 467 g/mol. The van der Waals surface area contributed by atoms with Crippen LogP contribution in [0.4, 0.5) is 5.69 Å². The first kappa shape index (κ1) is 23.2. The lowest BCUT2D eigenvalue weighted by molar-refractivity contribution is -0.148. The normalized spacial score (nSPS) is 24.5. The first-order valence-corrected chi connectivity index (χ1v) is 10.6. The van der Waals surface area contributed by atoms with E-state index in [-0.39, 0.29) is 23.5 Å². The number of amides is 1. The summed E-state index contributed by atoms with van der Waals surface area (Å²) in [4.78, 5) is 59.3. The number of para-hydroxylation sites is 1. The number of hydrogen-bond acceptors (Lipinski definition) is 9. The molecule has 3 aliphatic heterocycles. The molecule has 0 saturated carbocycles. The van der Waals surface area contributed by atoms with E-state index in [1.807, 2.05) is 29.2 Å². The molecule has 3 aliphatic rings. The van der Waals surface area contributed by atoms with Crippen LogP contribution in [-0.4, -0.2) is 74.5 Å². The van der Waals surface area contributed by atoms with E-state index in [0.717, 1.165) is 11.3 Å². The minimum atomic E-state index is -1.11. The molecule has 0 radical (unpaired) electrons. The molecule has 1 fully saturated rings. The van der Waals surface area contributed by atoms with E-state index >= 15 is 0 Å². The van der Waals surface area contributed by atoms with Crippen LogP contribution in [0.2, 0.25) is 0 Å². The first-order valence-electron chi connectivity index (χ1n) is 10.6. The van der Waals surface area contributed by atoms with Gasteiger partial charge in [0.2, 0.25) is 5.91 Å². The number of aliphatic imine (C=N–C) groups is 1. The molecule has 2 unspecified atom stereocenters. The van der Waals surface area contributed by atoms with Gasteiger partial charge in [-0.3, -0.25) is 9.69 Å². The van der Waals surface area contributed by atoms with Crippen LogP contribution in [0.25, 0.3) is 0 Å². The first-order chi connectivity index (χ1) is 16.3. The van der Waals surface area contributed by atoms with Crippen LogP contribution in [0.15, 0.2) is 53.2 Å². The van der Waals surface area contributed by atoms with E-state index in [1.54, 1.807) is 6.08 Å². The van der Waals surface area contributed by atoms with Crippen LogP contribution >= 0.6 is 0 Å². The lowest BCUT2D eigenvalue weighted by Gasteiger charge is -2.40. The zero-order valence-corrected chi connectivity index (χ0v) is 19.4. The zero-order valence-electron chi connectivity index (χ0n) is 19.4. The van der Waals surface area contributed by atoms with E-state index in [4.69, 9.17) is 14.2 Å². The number of nitrogens with zero attached hydrogens (tertiary/aromatic N) is 3. The van der Waals surface area contributed by atoms with Crippen LogP contribution in [0.1, 0.15) is 18.9 Å². The summed E-state index contributed by atoms with van der Waals surface area (Å²) in [6.07, 6.45) is 1.77. The smallest absolute Gasteiger partial charge is 0.357 e. The van der Waals surface area contributed by atoms with E-state index in [0.29, 0.717) is 6.54 Å². The number of carbonyl (C=O) groups is 4. The number of hydrogen-bond donors (Lipinski definition) is 0. The molecule has 0 bridgehead atoms. The molecule has 3 atom stereocenters. The van der Waals surface area contributed by atoms with Crippen molar-refractivity contribution < 1.29 is 33.4 Å². The fourth-order valence-electron chi connectivity index (χ4n) is 5.43. The average Bonchev–Trinajstić information content (AvgIpc) is 3.34. The Morgan fingerprint density at radius 1 is 1.12 bits per heavy atom. The maximum absolute atomic E-state index is 13.1. The van der Waals surface area contributed by atoms with Crippen molar-refractivity contribution >= 4 is 35.3 Å². The largest absolute Gasteiger partial charge is 0.467 e. The van der Waals surface area contributed by atoms with Gasteiger partial charge in [-0.2, -0.15) is 0 Å². The number of anilines is 1. The van der Waals surface area contributed by atoms with Crippen LogP contribution < -0.4 is 4.90 Å². The Bertz CT molecular complexity index is 1170. The van der Waals surface area contributed by atoms with Crippen molar-refractivity contribution in [3.05, 3.63) is 53.8 Å². The van der Waals surface area contributed by atoms with Gasteiger partial charge in [0, 0.05) is 19.2 Å². The molecule has 1 saturated heterocycles. The van der Waals surface area contributed by atoms with E-state index in [2.05, 4.69) is 11.6 Å². The van der Waals surface area contributed by atoms with Crippen molar-refractivity contribution in [1.29, 1.82) is 0 Å². The highest BCUT2D eigenvalue weighted by molar-refractivity contribution is 6.17. The number of fused-ring (bicyclic) bond motifs is 1. The minimum absolute atomic E-state index is 0.00910. The molecule has 1 aromatic rings. The Morgan fingerprint density at radius 3 is 2.38 bits per heavy atom. The van der Waals surface area contributed by atoms with E-state index < -0.39 is 41.3 Å². The maximum atomic E-state index is 13.1. The number of benzene rings is 1. The second kappa shape index (κ2) is 8.44. The Labute approximate surface area is 196 Å². The fourth-order valence-corrected chi connectivity index (χ4v) is 5.43. The summed E-state index contributed by atoms with van der Waals surface area (Å²) in [7, 11) is 3.62. The molecule has 1 amide bonds. The third kappa shape index (κ3) is 2.98. The molecular weight excluding hydrogens is 442 g/mol. The lowest BCUT2D eigenvalue weighted by Crippen LogP contribution is -2.55. The number of methoxy groups -OCH3 is 3. The van der Waals surface area contributed by atoms with E-state index in [9.17, 15) is 19.2 Å². The molecule has 0 N–H and O–H groups in total. The number of rotatable bonds is 5. The van der Waals surface area contributed by atoms with Crippen LogP contribution in [0.5, 0.6) is 0 Å². The molecule has 0 aromatic heterocycles. The number of esters is 3. The second-order valence-electron chi connectivity index (χ2n) is 8.15. The minimum Gasteiger partial charge on any atom is -0.467 e. The molecule has 3 heterocycles. The van der Waals surface area contributed by atoms with Crippen molar-refractivity contribution in [2.24, 2.45) is 4.99 Å². The molecule has 0 aliphatic carbocycles. The van der Waals surface area contributed by atoms with E-state index in [1.165, 1.54) is 33.2 Å². The second-order valence-corrected chi connectivity index (χ2v) is 8.15. The van der Waals surface area contributed by atoms with Crippen molar-refractivity contribution in [3.8, 4) is 0 Å². The summed E-state index contributed by atoms with van der Waals surface area (Å²) in [5.74, 6) is -2.51. The highest BCUT2D eigenvalue weighted by atomic mass is 16.5. The van der Waals surface area contributed by atoms with Gasteiger partial charge < -0.3 is 19.1 Å². The molecule has 10 heteroatoms. The Balaban J connectivity index is 2.12. The Morgan fingerprint density at radius 2 is 1.79 bits per heavy atom. The third-order valence-electron chi connectivity index (χ3n) is 6.60. The van der Waals surface area contributed by atoms with Crippen molar-refractivity contribution in [2.45, 2.75) is 30.8 Å². The number of likely N-dealkylation sites (tertiary alicyclic amines) is 1. The maximum Gasteiger partial charge on any atom is 0.357 e. The molecule has 34 heavy (non-hydrogen) atoms. The summed E-state index contributed by atoms with van der Waals surface area (Å²) in [6, 6.07) is 5.61. The number of carbonyl (C=O) groups excluding carboxylic acids is 4. The fraction of sp³-hybridized carbons (Fsp3) is 0.375. The van der Waals surface area contributed by atoms with Gasteiger partial charge in [0.05, 0.1) is 38.4 Å². The molecule has 10 nitrogen and oxygen atoms in total. The highest BCUT2D eigenvalue weighted by Gasteiger charge is 2.67. The summed E-state index contributed by atoms with van der Waals surface area (Å²) in [5, 5.41) is 0. The third-order valence-corrected chi connectivity index (χ3v) is 6.60. The summed E-state index contributed by atoms with van der Waals surface area (Å²) in [6.45, 7) is 5.47. The van der Waals surface area contributed by atoms with Crippen molar-refractivity contribution in [2.75, 3.05) is 32.8 Å². The molecule has 178 valence electrons. The Hall–Kier alpha value is -3.95. The van der Waals surface area contributed by atoms with Gasteiger partial charge in [-0.15, -0.1) is 6.58 Å². The SMILES string of the molecule is C=CCN1c2ccccc2[C@]23CC(C(=O)OC)N(C(C)=O)C2=NC(C(=O)OC)=C(C(=O)OC)C13. The highest BCUT2D eigenvalue weighted by Crippen LogP contribution is 2.57. The molecule has 4 rings (SSSR count). The van der Waals surface area contributed by atoms with Gasteiger partial charge >= 0.3 is 17.9 Å². The molecule has 1 aromatic carbocycles. The summed E-state index contributed by atoms with van der Waals surface area (Å²) < 4.78 is 15.0. The van der Waals surface area contributed by atoms with Gasteiger partial charge in [-0.05, 0) is 18.1 Å². The number of amidine groups is 1. The molecule has 1 spiro atoms. The van der Waals surface area contributed by atoms with Gasteiger partial charge in [0.15, 0.2) is 5.70 Å². The van der Waals surface area contributed by atoms with Gasteiger partial charge in [-0.1, -0.05) is 24.3 Å². The molecular formula is C24H25N3O7. The van der Waals surface area contributed by atoms with Crippen LogP contribution in [-0.2, 0) is 38.8 Å². The quantitative estimate of drug-likeness (QED) is 0.359. The Kier molecular flexibility index (Phi) is 5.76.